The van der Waals surface area contributed by atoms with E-state index in [0.29, 0.717) is 12.8 Å². The summed E-state index contributed by atoms with van der Waals surface area (Å²) in [6.07, 6.45) is 32.3. The molecule has 0 aliphatic carbocycles. The summed E-state index contributed by atoms with van der Waals surface area (Å²) in [5.41, 5.74) is 13.9. The average molecular weight is 701 g/mol. The van der Waals surface area contributed by atoms with Crippen LogP contribution in [0.25, 0.3) is 0 Å². The summed E-state index contributed by atoms with van der Waals surface area (Å²) in [6, 6.07) is 8.29. The Morgan fingerprint density at radius 1 is 0.480 bits per heavy atom. The van der Waals surface area contributed by atoms with Crippen LogP contribution in [0.1, 0.15) is 205 Å². The largest absolute Gasteiger partial charge is 0.393 e. The van der Waals surface area contributed by atoms with Gasteiger partial charge in [0.25, 0.3) is 0 Å². The van der Waals surface area contributed by atoms with E-state index in [2.05, 4.69) is 32.0 Å². The highest BCUT2D eigenvalue weighted by molar-refractivity contribution is 5.77. The maximum atomic E-state index is 12.3. The van der Waals surface area contributed by atoms with Crippen LogP contribution >= 0.6 is 0 Å². The maximum absolute atomic E-state index is 12.3. The van der Waals surface area contributed by atoms with Crippen LogP contribution in [0, 0.1) is 11.8 Å². The predicted octanol–water partition coefficient (Wildman–Crippen LogP) is 10.7. The Labute approximate surface area is 308 Å². The molecular formula is C44H80N2O4. The van der Waals surface area contributed by atoms with Crippen LogP contribution in [0.5, 0.6) is 0 Å². The number of primary amides is 2. The number of amides is 2. The molecule has 290 valence electrons. The molecule has 1 aromatic carbocycles. The normalized spacial score (nSPS) is 14.0. The first-order chi connectivity index (χ1) is 24.3. The van der Waals surface area contributed by atoms with Crippen LogP contribution in [0.3, 0.4) is 0 Å². The summed E-state index contributed by atoms with van der Waals surface area (Å²) in [7, 11) is 0. The van der Waals surface area contributed by atoms with E-state index in [1.807, 2.05) is 6.07 Å². The summed E-state index contributed by atoms with van der Waals surface area (Å²) in [5, 5.41) is 20.3. The molecule has 0 aromatic heterocycles. The smallest absolute Gasteiger partial charge is 0.220 e. The number of rotatable bonds is 36. The van der Waals surface area contributed by atoms with E-state index in [-0.39, 0.29) is 35.9 Å². The molecule has 4 unspecified atom stereocenters. The molecule has 0 bridgehead atoms. The standard InChI is InChI=1S/C44H80N2O4/c1-3-5-7-21-30-41(47)32-23-17-13-9-11-15-19-28-39(43(45)49)35-37-26-25-27-38(34-37)36-40(44(46)50)29-20-16-12-10-14-18-24-33-42(48)31-22-8-6-4-2/h25-27,34,39-42,47-48H,3-24,28-33,35-36H2,1-2H3,(H2,45,49)(H2,46,50). The van der Waals surface area contributed by atoms with Gasteiger partial charge >= 0.3 is 0 Å². The third-order valence-corrected chi connectivity index (χ3v) is 10.7. The van der Waals surface area contributed by atoms with Crippen LogP contribution in [-0.2, 0) is 22.4 Å². The Hall–Kier alpha value is -1.92. The fourth-order valence-corrected chi connectivity index (χ4v) is 7.35. The van der Waals surface area contributed by atoms with Crippen molar-refractivity contribution in [1.29, 1.82) is 0 Å². The van der Waals surface area contributed by atoms with Gasteiger partial charge in [-0.2, -0.15) is 0 Å². The summed E-state index contributed by atoms with van der Waals surface area (Å²) in [5.74, 6) is -0.795. The van der Waals surface area contributed by atoms with Crippen molar-refractivity contribution in [1.82, 2.24) is 0 Å². The van der Waals surface area contributed by atoms with E-state index >= 15 is 0 Å². The van der Waals surface area contributed by atoms with E-state index in [1.165, 1.54) is 89.9 Å². The van der Waals surface area contributed by atoms with Gasteiger partial charge in [0.2, 0.25) is 11.8 Å². The molecule has 0 saturated heterocycles. The molecule has 50 heavy (non-hydrogen) atoms. The van der Waals surface area contributed by atoms with E-state index in [1.54, 1.807) is 0 Å². The average Bonchev–Trinajstić information content (AvgIpc) is 3.09. The second kappa shape index (κ2) is 31.8. The van der Waals surface area contributed by atoms with E-state index in [4.69, 9.17) is 11.5 Å². The van der Waals surface area contributed by atoms with Crippen LogP contribution in [-0.4, -0.2) is 34.2 Å². The van der Waals surface area contributed by atoms with Crippen LogP contribution in [0.15, 0.2) is 24.3 Å². The van der Waals surface area contributed by atoms with Crippen molar-refractivity contribution in [3.05, 3.63) is 35.4 Å². The SMILES string of the molecule is CCCCCCC(O)CCCCCCCCCC(Cc1cccc(CC(CCCCCCCCCC(O)CCCCCC)C(N)=O)c1)C(N)=O. The van der Waals surface area contributed by atoms with Crippen molar-refractivity contribution in [2.75, 3.05) is 0 Å². The van der Waals surface area contributed by atoms with Crippen LogP contribution < -0.4 is 11.5 Å². The number of carbonyl (C=O) groups excluding carboxylic acids is 2. The van der Waals surface area contributed by atoms with E-state index in [0.717, 1.165) is 101 Å². The lowest BCUT2D eigenvalue weighted by Crippen LogP contribution is -2.26. The Bertz CT molecular complexity index is 882. The number of aliphatic hydroxyl groups excluding tert-OH is 2. The Morgan fingerprint density at radius 2 is 0.760 bits per heavy atom. The monoisotopic (exact) mass is 701 g/mol. The zero-order valence-corrected chi connectivity index (χ0v) is 32.7. The maximum Gasteiger partial charge on any atom is 0.220 e. The number of aliphatic hydroxyl groups is 2. The summed E-state index contributed by atoms with van der Waals surface area (Å²) < 4.78 is 0. The topological polar surface area (TPSA) is 127 Å². The van der Waals surface area contributed by atoms with E-state index in [9.17, 15) is 19.8 Å². The van der Waals surface area contributed by atoms with Crippen LogP contribution in [0.2, 0.25) is 0 Å². The summed E-state index contributed by atoms with van der Waals surface area (Å²) in [4.78, 5) is 24.6. The molecule has 0 aliphatic rings. The van der Waals surface area contributed by atoms with Crippen LogP contribution in [0.4, 0.5) is 0 Å². The first kappa shape index (κ1) is 46.1. The van der Waals surface area contributed by atoms with E-state index < -0.39 is 0 Å². The van der Waals surface area contributed by atoms with Crippen molar-refractivity contribution in [3.8, 4) is 0 Å². The van der Waals surface area contributed by atoms with Gasteiger partial charge in [0.15, 0.2) is 0 Å². The molecule has 6 heteroatoms. The molecule has 6 nitrogen and oxygen atoms in total. The zero-order valence-electron chi connectivity index (χ0n) is 32.7. The van der Waals surface area contributed by atoms with Crippen molar-refractivity contribution in [3.63, 3.8) is 0 Å². The first-order valence-electron chi connectivity index (χ1n) is 21.3. The van der Waals surface area contributed by atoms with Crippen molar-refractivity contribution in [2.45, 2.75) is 219 Å². The molecule has 0 saturated carbocycles. The van der Waals surface area contributed by atoms with Gasteiger partial charge in [-0.1, -0.05) is 179 Å². The minimum Gasteiger partial charge on any atom is -0.393 e. The number of benzene rings is 1. The van der Waals surface area contributed by atoms with Gasteiger partial charge in [-0.3, -0.25) is 9.59 Å². The Kier molecular flexibility index (Phi) is 29.3. The molecule has 2 amide bonds. The molecule has 1 rings (SSSR count). The zero-order chi connectivity index (χ0) is 36.7. The predicted molar refractivity (Wildman–Crippen MR) is 212 cm³/mol. The molecule has 0 radical (unpaired) electrons. The van der Waals surface area contributed by atoms with Gasteiger partial charge in [0.1, 0.15) is 0 Å². The quantitative estimate of drug-likeness (QED) is 0.0520. The van der Waals surface area contributed by atoms with Gasteiger partial charge in [-0.05, 0) is 62.5 Å². The number of hydrogen-bond donors (Lipinski definition) is 4. The minimum absolute atomic E-state index is 0.125. The highest BCUT2D eigenvalue weighted by Gasteiger charge is 2.18. The fourth-order valence-electron chi connectivity index (χ4n) is 7.35. The van der Waals surface area contributed by atoms with Gasteiger partial charge in [0.05, 0.1) is 12.2 Å². The molecule has 0 spiro atoms. The molecule has 0 fully saturated rings. The minimum atomic E-state index is -0.228. The van der Waals surface area contributed by atoms with Crippen molar-refractivity contribution in [2.24, 2.45) is 23.3 Å². The van der Waals surface area contributed by atoms with Crippen molar-refractivity contribution >= 4 is 11.8 Å². The summed E-state index contributed by atoms with van der Waals surface area (Å²) >= 11 is 0. The van der Waals surface area contributed by atoms with Gasteiger partial charge in [0, 0.05) is 11.8 Å². The van der Waals surface area contributed by atoms with Gasteiger partial charge in [-0.25, -0.2) is 0 Å². The lowest BCUT2D eigenvalue weighted by atomic mass is 9.89. The second-order valence-electron chi connectivity index (χ2n) is 15.5. The molecule has 6 N–H and O–H groups in total. The van der Waals surface area contributed by atoms with Crippen molar-refractivity contribution < 1.29 is 19.8 Å². The number of nitrogens with two attached hydrogens (primary N) is 2. The lowest BCUT2D eigenvalue weighted by molar-refractivity contribution is -0.122. The first-order valence-corrected chi connectivity index (χ1v) is 21.3. The van der Waals surface area contributed by atoms with Gasteiger partial charge < -0.3 is 21.7 Å². The molecule has 0 heterocycles. The molecule has 1 aromatic rings. The number of unbranched alkanes of at least 4 members (excludes halogenated alkanes) is 18. The second-order valence-corrected chi connectivity index (χ2v) is 15.5. The Morgan fingerprint density at radius 3 is 1.06 bits per heavy atom. The third kappa shape index (κ3) is 25.9. The molecule has 4 atom stereocenters. The third-order valence-electron chi connectivity index (χ3n) is 10.7. The molecule has 0 aliphatic heterocycles. The fraction of sp³-hybridized carbons (Fsp3) is 0.818. The highest BCUT2D eigenvalue weighted by Crippen LogP contribution is 2.22. The van der Waals surface area contributed by atoms with Gasteiger partial charge in [-0.15, -0.1) is 0 Å². The summed E-state index contributed by atoms with van der Waals surface area (Å²) in [6.45, 7) is 4.43. The number of carbonyl (C=O) groups is 2. The highest BCUT2D eigenvalue weighted by atomic mass is 16.3. The molecular weight excluding hydrogens is 620 g/mol. The Balaban J connectivity index is 2.26. The lowest BCUT2D eigenvalue weighted by Gasteiger charge is -2.16. The number of hydrogen-bond acceptors (Lipinski definition) is 4.